The fourth-order valence-electron chi connectivity index (χ4n) is 3.06. The van der Waals surface area contributed by atoms with Crippen LogP contribution in [0.4, 0.5) is 4.39 Å². The van der Waals surface area contributed by atoms with Gasteiger partial charge in [-0.3, -0.25) is 4.79 Å². The van der Waals surface area contributed by atoms with E-state index in [1.165, 1.54) is 18.2 Å². The van der Waals surface area contributed by atoms with E-state index >= 15 is 0 Å². The van der Waals surface area contributed by atoms with Gasteiger partial charge in [0.15, 0.2) is 5.78 Å². The Labute approximate surface area is 173 Å². The molecule has 5 heteroatoms. The van der Waals surface area contributed by atoms with Gasteiger partial charge in [-0.25, -0.2) is 9.07 Å². The lowest BCUT2D eigenvalue weighted by Crippen LogP contribution is -1.95. The van der Waals surface area contributed by atoms with Crippen LogP contribution < -0.4 is 4.74 Å². The predicted octanol–water partition coefficient (Wildman–Crippen LogP) is 5.58. The number of para-hydroxylation sites is 1. The van der Waals surface area contributed by atoms with E-state index in [0.717, 1.165) is 17.0 Å². The molecule has 30 heavy (non-hydrogen) atoms. The lowest BCUT2D eigenvalue weighted by molar-refractivity contribution is 0.104. The average molecular weight is 398 g/mol. The van der Waals surface area contributed by atoms with Gasteiger partial charge in [0.2, 0.25) is 0 Å². The number of methoxy groups -OCH3 is 1. The lowest BCUT2D eigenvalue weighted by atomic mass is 10.0. The number of hydrogen-bond acceptors (Lipinski definition) is 3. The predicted molar refractivity (Wildman–Crippen MR) is 115 cm³/mol. The number of halogens is 1. The molecule has 0 amide bonds. The highest BCUT2D eigenvalue weighted by atomic mass is 19.1. The van der Waals surface area contributed by atoms with Crippen LogP contribution in [-0.4, -0.2) is 22.7 Å². The fourth-order valence-corrected chi connectivity index (χ4v) is 3.06. The van der Waals surface area contributed by atoms with Crippen molar-refractivity contribution in [1.82, 2.24) is 9.78 Å². The SMILES string of the molecule is COc1ccc(C=CC(=O)c2cn(-c3ccccc3)nc2-c2ccc(F)cc2)cc1. The molecule has 4 nitrogen and oxygen atoms in total. The quantitative estimate of drug-likeness (QED) is 0.314. The number of allylic oxidation sites excluding steroid dienone is 1. The van der Waals surface area contributed by atoms with Crippen molar-refractivity contribution in [2.45, 2.75) is 0 Å². The summed E-state index contributed by atoms with van der Waals surface area (Å²) in [5, 5.41) is 4.60. The number of hydrogen-bond donors (Lipinski definition) is 0. The summed E-state index contributed by atoms with van der Waals surface area (Å²) in [4.78, 5) is 13.0. The van der Waals surface area contributed by atoms with Crippen molar-refractivity contribution in [3.8, 4) is 22.7 Å². The van der Waals surface area contributed by atoms with E-state index in [2.05, 4.69) is 5.10 Å². The van der Waals surface area contributed by atoms with Gasteiger partial charge in [0.05, 0.1) is 18.4 Å². The summed E-state index contributed by atoms with van der Waals surface area (Å²) in [6.45, 7) is 0. The molecule has 3 aromatic carbocycles. The van der Waals surface area contributed by atoms with Gasteiger partial charge in [0, 0.05) is 11.8 Å². The Morgan fingerprint density at radius 2 is 1.67 bits per heavy atom. The Morgan fingerprint density at radius 3 is 2.33 bits per heavy atom. The van der Waals surface area contributed by atoms with Crippen molar-refractivity contribution < 1.29 is 13.9 Å². The monoisotopic (exact) mass is 398 g/mol. The van der Waals surface area contributed by atoms with E-state index in [4.69, 9.17) is 4.74 Å². The standard InChI is InChI=1S/C25H19FN2O2/c1-30-22-14-7-18(8-15-22)9-16-24(29)23-17-28(21-5-3-2-4-6-21)27-25(23)19-10-12-20(26)13-11-19/h2-17H,1H3. The van der Waals surface area contributed by atoms with Gasteiger partial charge in [-0.2, -0.15) is 5.10 Å². The summed E-state index contributed by atoms with van der Waals surface area (Å²) in [7, 11) is 1.61. The lowest BCUT2D eigenvalue weighted by Gasteiger charge is -2.01. The molecule has 0 radical (unpaired) electrons. The van der Waals surface area contributed by atoms with E-state index in [-0.39, 0.29) is 11.6 Å². The number of nitrogens with zero attached hydrogens (tertiary/aromatic N) is 2. The minimum absolute atomic E-state index is 0.188. The van der Waals surface area contributed by atoms with Crippen LogP contribution >= 0.6 is 0 Å². The second-order valence-corrected chi connectivity index (χ2v) is 6.65. The van der Waals surface area contributed by atoms with Crippen LogP contribution in [0.15, 0.2) is 91.1 Å². The van der Waals surface area contributed by atoms with Gasteiger partial charge in [-0.15, -0.1) is 0 Å². The molecule has 0 atom stereocenters. The molecular formula is C25H19FN2O2. The van der Waals surface area contributed by atoms with Crippen molar-refractivity contribution in [1.29, 1.82) is 0 Å². The van der Waals surface area contributed by atoms with Crippen LogP contribution in [0, 0.1) is 5.82 Å². The first-order chi connectivity index (χ1) is 14.6. The molecule has 0 aliphatic carbocycles. The summed E-state index contributed by atoms with van der Waals surface area (Å²) in [5.41, 5.74) is 3.33. The average Bonchev–Trinajstić information content (AvgIpc) is 3.24. The summed E-state index contributed by atoms with van der Waals surface area (Å²) in [5.74, 6) is 0.224. The number of aromatic nitrogens is 2. The van der Waals surface area contributed by atoms with Crippen molar-refractivity contribution in [3.05, 3.63) is 108 Å². The molecule has 0 bridgehead atoms. The van der Waals surface area contributed by atoms with Gasteiger partial charge in [0.25, 0.3) is 0 Å². The molecule has 4 aromatic rings. The minimum atomic E-state index is -0.339. The maximum Gasteiger partial charge on any atom is 0.189 e. The smallest absolute Gasteiger partial charge is 0.189 e. The Balaban J connectivity index is 1.71. The number of ketones is 1. The first-order valence-electron chi connectivity index (χ1n) is 9.41. The minimum Gasteiger partial charge on any atom is -0.497 e. The number of ether oxygens (including phenoxy) is 1. The van der Waals surface area contributed by atoms with Gasteiger partial charge >= 0.3 is 0 Å². The normalized spacial score (nSPS) is 11.0. The van der Waals surface area contributed by atoms with Gasteiger partial charge in [-0.05, 0) is 60.2 Å². The molecule has 0 spiro atoms. The molecule has 1 aromatic heterocycles. The van der Waals surface area contributed by atoms with E-state index in [0.29, 0.717) is 16.8 Å². The van der Waals surface area contributed by atoms with Crippen LogP contribution in [0.2, 0.25) is 0 Å². The van der Waals surface area contributed by atoms with E-state index in [1.807, 2.05) is 54.6 Å². The second kappa shape index (κ2) is 8.57. The van der Waals surface area contributed by atoms with Gasteiger partial charge < -0.3 is 4.74 Å². The number of benzene rings is 3. The van der Waals surface area contributed by atoms with Crippen molar-refractivity contribution >= 4 is 11.9 Å². The molecule has 4 rings (SSSR count). The molecular weight excluding hydrogens is 379 g/mol. The van der Waals surface area contributed by atoms with Crippen LogP contribution in [0.5, 0.6) is 5.75 Å². The summed E-state index contributed by atoms with van der Waals surface area (Å²) in [6, 6.07) is 22.9. The first-order valence-corrected chi connectivity index (χ1v) is 9.41. The summed E-state index contributed by atoms with van der Waals surface area (Å²) >= 11 is 0. The zero-order valence-electron chi connectivity index (χ0n) is 16.3. The fraction of sp³-hybridized carbons (Fsp3) is 0.0400. The zero-order valence-corrected chi connectivity index (χ0v) is 16.3. The third kappa shape index (κ3) is 4.20. The summed E-state index contributed by atoms with van der Waals surface area (Å²) in [6.07, 6.45) is 4.96. The van der Waals surface area contributed by atoms with Crippen molar-refractivity contribution in [3.63, 3.8) is 0 Å². The van der Waals surface area contributed by atoms with Crippen LogP contribution in [0.3, 0.4) is 0 Å². The molecule has 0 saturated heterocycles. The highest BCUT2D eigenvalue weighted by Gasteiger charge is 2.17. The molecule has 0 unspecified atom stereocenters. The largest absolute Gasteiger partial charge is 0.497 e. The van der Waals surface area contributed by atoms with Crippen LogP contribution in [0.1, 0.15) is 15.9 Å². The molecule has 0 aliphatic rings. The molecule has 148 valence electrons. The van der Waals surface area contributed by atoms with Crippen LogP contribution in [0.25, 0.3) is 23.0 Å². The van der Waals surface area contributed by atoms with E-state index in [9.17, 15) is 9.18 Å². The van der Waals surface area contributed by atoms with Crippen LogP contribution in [-0.2, 0) is 0 Å². The Hall–Kier alpha value is -3.99. The number of carbonyl (C=O) groups is 1. The molecule has 0 N–H and O–H groups in total. The molecule has 1 heterocycles. The highest BCUT2D eigenvalue weighted by Crippen LogP contribution is 2.25. The third-order valence-corrected chi connectivity index (χ3v) is 4.66. The Kier molecular flexibility index (Phi) is 5.52. The van der Waals surface area contributed by atoms with Gasteiger partial charge in [-0.1, -0.05) is 36.4 Å². The Morgan fingerprint density at radius 1 is 0.967 bits per heavy atom. The number of carbonyl (C=O) groups excluding carboxylic acids is 1. The summed E-state index contributed by atoms with van der Waals surface area (Å²) < 4.78 is 20.2. The van der Waals surface area contributed by atoms with E-state index < -0.39 is 0 Å². The zero-order chi connectivity index (χ0) is 20.9. The van der Waals surface area contributed by atoms with E-state index in [1.54, 1.807) is 36.2 Å². The second-order valence-electron chi connectivity index (χ2n) is 6.65. The third-order valence-electron chi connectivity index (χ3n) is 4.66. The maximum atomic E-state index is 13.4. The maximum absolute atomic E-state index is 13.4. The molecule has 0 saturated carbocycles. The van der Waals surface area contributed by atoms with Gasteiger partial charge in [0.1, 0.15) is 17.3 Å². The number of rotatable bonds is 6. The van der Waals surface area contributed by atoms with Crippen molar-refractivity contribution in [2.75, 3.05) is 7.11 Å². The highest BCUT2D eigenvalue weighted by molar-refractivity contribution is 6.10. The topological polar surface area (TPSA) is 44.1 Å². The Bertz CT molecular complexity index is 1180. The molecule has 0 aliphatic heterocycles. The van der Waals surface area contributed by atoms with Crippen molar-refractivity contribution in [2.24, 2.45) is 0 Å². The first kappa shape index (κ1) is 19.3. The molecule has 0 fully saturated rings.